The van der Waals surface area contributed by atoms with Crippen molar-refractivity contribution in [1.82, 2.24) is 4.90 Å². The highest BCUT2D eigenvalue weighted by Crippen LogP contribution is 1.53. The van der Waals surface area contributed by atoms with E-state index in [1.165, 1.54) is 0 Å². The molecule has 0 fully saturated rings. The van der Waals surface area contributed by atoms with Crippen LogP contribution in [0.4, 0.5) is 0 Å². The van der Waals surface area contributed by atoms with Crippen molar-refractivity contribution < 1.29 is 0 Å². The molecule has 5 heavy (non-hydrogen) atoms. The van der Waals surface area contributed by atoms with Crippen molar-refractivity contribution in [3.8, 4) is 0 Å². The molecule has 0 aliphatic rings. The van der Waals surface area contributed by atoms with Crippen LogP contribution in [0.5, 0.6) is 0 Å². The fraction of sp³-hybridized carbons (Fsp3) is 0.750. The van der Waals surface area contributed by atoms with E-state index in [2.05, 4.69) is 7.05 Å². The normalized spacial score (nSPS) is 7.20. The molecule has 0 aromatic heterocycles. The molecule has 0 bridgehead atoms. The van der Waals surface area contributed by atoms with Crippen LogP contribution in [-0.4, -0.2) is 19.0 Å². The van der Waals surface area contributed by atoms with E-state index in [0.717, 1.165) is 0 Å². The van der Waals surface area contributed by atoms with Gasteiger partial charge in [0.15, 0.2) is 0 Å². The third-order valence-electron chi connectivity index (χ3n) is 0. The molecule has 0 aromatic carbocycles. The Labute approximate surface area is 34.6 Å². The second-order valence-corrected chi connectivity index (χ2v) is 1.08. The third-order valence-corrected chi connectivity index (χ3v) is 0. The Hall–Kier alpha value is -0.0400. The highest BCUT2D eigenvalue weighted by atomic mass is 15.0. The average Bonchev–Trinajstić information content (AvgIpc) is 0.811. The maximum atomic E-state index is 3.47. The molecular formula is C4H12N-. The van der Waals surface area contributed by atoms with Crippen LogP contribution < -0.4 is 0 Å². The van der Waals surface area contributed by atoms with E-state index >= 15 is 0 Å². The van der Waals surface area contributed by atoms with Crippen molar-refractivity contribution in [2.45, 2.75) is 7.43 Å². The summed E-state index contributed by atoms with van der Waals surface area (Å²) in [6.07, 6.45) is 0. The third kappa shape index (κ3) is 9510. The van der Waals surface area contributed by atoms with Crippen LogP contribution in [0.1, 0.15) is 7.43 Å². The van der Waals surface area contributed by atoms with Gasteiger partial charge in [-0.3, -0.25) is 7.05 Å². The summed E-state index contributed by atoms with van der Waals surface area (Å²) in [4.78, 5) is 1.75. The maximum Gasteiger partial charge on any atom is -0.0427 e. The molecule has 0 amide bonds. The van der Waals surface area contributed by atoms with Crippen molar-refractivity contribution in [1.29, 1.82) is 0 Å². The summed E-state index contributed by atoms with van der Waals surface area (Å²) >= 11 is 0. The second-order valence-electron chi connectivity index (χ2n) is 1.08. The molecule has 1 nitrogen and oxygen atoms in total. The number of hydrogen-bond donors (Lipinski definition) is 0. The summed E-state index contributed by atoms with van der Waals surface area (Å²) in [5.41, 5.74) is 0. The summed E-state index contributed by atoms with van der Waals surface area (Å²) in [7, 11) is 7.25. The van der Waals surface area contributed by atoms with Gasteiger partial charge >= 0.3 is 0 Å². The van der Waals surface area contributed by atoms with E-state index < -0.39 is 0 Å². The molecule has 0 saturated carbocycles. The zero-order valence-electron chi connectivity index (χ0n) is 3.15. The van der Waals surface area contributed by atoms with Crippen LogP contribution in [0.25, 0.3) is 0 Å². The first-order valence-corrected chi connectivity index (χ1v) is 1.21. The molecule has 0 saturated heterocycles. The molecular weight excluding hydrogens is 62.1 g/mol. The van der Waals surface area contributed by atoms with Gasteiger partial charge in [0.1, 0.15) is 0 Å². The van der Waals surface area contributed by atoms with Crippen LogP contribution in [0.2, 0.25) is 0 Å². The van der Waals surface area contributed by atoms with Gasteiger partial charge in [-0.05, 0) is 14.1 Å². The van der Waals surface area contributed by atoms with E-state index in [-0.39, 0.29) is 7.43 Å². The van der Waals surface area contributed by atoms with Gasteiger partial charge in [-0.2, -0.15) is 0 Å². The van der Waals surface area contributed by atoms with Gasteiger partial charge in [0.05, 0.1) is 0 Å². The molecule has 0 aliphatic heterocycles. The lowest BCUT2D eigenvalue weighted by Crippen LogP contribution is -1.95. The minimum atomic E-state index is 0. The molecule has 0 radical (unpaired) electrons. The zero-order valence-corrected chi connectivity index (χ0v) is 3.15. The standard InChI is InChI=1S/C3H8N.CH4/c1-4(2)3;/h1H2,2-3H3;1H4/q-1;. The first-order chi connectivity index (χ1) is 1.73. The molecule has 0 heterocycles. The SMILES string of the molecule is C.[CH2-]N(C)C. The lowest BCUT2D eigenvalue weighted by atomic mass is 11.0. The van der Waals surface area contributed by atoms with Crippen molar-refractivity contribution in [2.75, 3.05) is 14.1 Å². The monoisotopic (exact) mass is 74.1 g/mol. The Morgan fingerprint density at radius 2 is 1.40 bits per heavy atom. The van der Waals surface area contributed by atoms with Crippen molar-refractivity contribution in [2.24, 2.45) is 0 Å². The van der Waals surface area contributed by atoms with Gasteiger partial charge in [0.25, 0.3) is 0 Å². The minimum Gasteiger partial charge on any atom is -0.464 e. The number of hydrogen-bond acceptors (Lipinski definition) is 1. The Morgan fingerprint density at radius 3 is 1.40 bits per heavy atom. The van der Waals surface area contributed by atoms with Crippen LogP contribution >= 0.6 is 0 Å². The molecule has 0 aliphatic carbocycles. The lowest BCUT2D eigenvalue weighted by Gasteiger charge is -2.04. The number of rotatable bonds is 0. The average molecular weight is 74.1 g/mol. The van der Waals surface area contributed by atoms with Gasteiger partial charge in [0.2, 0.25) is 0 Å². The minimum absolute atomic E-state index is 0. The van der Waals surface area contributed by atoms with Gasteiger partial charge in [0, 0.05) is 0 Å². The molecule has 0 rings (SSSR count). The van der Waals surface area contributed by atoms with Crippen LogP contribution in [0.3, 0.4) is 0 Å². The summed E-state index contributed by atoms with van der Waals surface area (Å²) in [5.74, 6) is 0. The van der Waals surface area contributed by atoms with E-state index in [9.17, 15) is 0 Å². The van der Waals surface area contributed by atoms with E-state index in [1.807, 2.05) is 14.1 Å². The molecule has 0 N–H and O–H groups in total. The molecule has 0 unspecified atom stereocenters. The van der Waals surface area contributed by atoms with Crippen LogP contribution in [-0.2, 0) is 0 Å². The van der Waals surface area contributed by atoms with Gasteiger partial charge < -0.3 is 4.90 Å². The number of nitrogens with zero attached hydrogens (tertiary/aromatic N) is 1. The maximum absolute atomic E-state index is 3.47. The molecule has 0 atom stereocenters. The summed E-state index contributed by atoms with van der Waals surface area (Å²) in [6, 6.07) is 0. The lowest BCUT2D eigenvalue weighted by molar-refractivity contribution is 0.557. The predicted molar refractivity (Wildman–Crippen MR) is 25.8 cm³/mol. The summed E-state index contributed by atoms with van der Waals surface area (Å²) in [6.45, 7) is 0. The van der Waals surface area contributed by atoms with Gasteiger partial charge in [-0.25, -0.2) is 0 Å². The van der Waals surface area contributed by atoms with Crippen molar-refractivity contribution >= 4 is 0 Å². The summed E-state index contributed by atoms with van der Waals surface area (Å²) in [5, 5.41) is 0. The second kappa shape index (κ2) is 3.96. The fourth-order valence-electron chi connectivity index (χ4n) is 0. The van der Waals surface area contributed by atoms with Crippen LogP contribution in [0.15, 0.2) is 0 Å². The Morgan fingerprint density at radius 1 is 1.40 bits per heavy atom. The molecule has 34 valence electrons. The molecule has 1 heteroatoms. The Balaban J connectivity index is 0. The van der Waals surface area contributed by atoms with Gasteiger partial charge in [-0.1, -0.05) is 7.43 Å². The Kier molecular flexibility index (Phi) is 7.03. The topological polar surface area (TPSA) is 3.24 Å². The molecule has 0 spiro atoms. The highest BCUT2D eigenvalue weighted by molar-refractivity contribution is 4.22. The largest absolute Gasteiger partial charge is 0.464 e. The van der Waals surface area contributed by atoms with Crippen molar-refractivity contribution in [3.05, 3.63) is 7.05 Å². The van der Waals surface area contributed by atoms with E-state index in [4.69, 9.17) is 0 Å². The van der Waals surface area contributed by atoms with E-state index in [0.29, 0.717) is 0 Å². The van der Waals surface area contributed by atoms with E-state index in [1.54, 1.807) is 4.90 Å². The van der Waals surface area contributed by atoms with Crippen LogP contribution in [0, 0.1) is 7.05 Å². The summed E-state index contributed by atoms with van der Waals surface area (Å²) < 4.78 is 0. The highest BCUT2D eigenvalue weighted by Gasteiger charge is 1.45. The quantitative estimate of drug-likeness (QED) is 0.387. The van der Waals surface area contributed by atoms with Crippen molar-refractivity contribution in [3.63, 3.8) is 0 Å². The smallest absolute Gasteiger partial charge is 0.0427 e. The fourth-order valence-corrected chi connectivity index (χ4v) is 0. The Bertz CT molecular complexity index is 8.36. The predicted octanol–water partition coefficient (Wildman–Crippen LogP) is 0.976. The first kappa shape index (κ1) is 8.88. The molecule has 0 aromatic rings. The van der Waals surface area contributed by atoms with Gasteiger partial charge in [-0.15, -0.1) is 0 Å². The zero-order chi connectivity index (χ0) is 3.58. The first-order valence-electron chi connectivity index (χ1n) is 1.21.